The highest BCUT2D eigenvalue weighted by molar-refractivity contribution is 5.96. The quantitative estimate of drug-likeness (QED) is 0.632. The van der Waals surface area contributed by atoms with E-state index < -0.39 is 0 Å². The van der Waals surface area contributed by atoms with Crippen molar-refractivity contribution in [2.24, 2.45) is 17.6 Å². The van der Waals surface area contributed by atoms with Crippen LogP contribution in [0.15, 0.2) is 30.3 Å². The van der Waals surface area contributed by atoms with Gasteiger partial charge in [0.05, 0.1) is 17.0 Å². The second kappa shape index (κ2) is 10.6. The zero-order valence-corrected chi connectivity index (χ0v) is 20.9. The zero-order valence-electron chi connectivity index (χ0n) is 20.9. The minimum Gasteiger partial charge on any atom is -0.381 e. The number of nitrogens with two attached hydrogens (primary N) is 1. The van der Waals surface area contributed by atoms with Gasteiger partial charge in [-0.25, -0.2) is 9.97 Å². The van der Waals surface area contributed by atoms with Crippen molar-refractivity contribution < 1.29 is 9.53 Å². The molecule has 3 atom stereocenters. The lowest BCUT2D eigenvalue weighted by molar-refractivity contribution is 0.0771. The van der Waals surface area contributed by atoms with Gasteiger partial charge in [0.25, 0.3) is 5.91 Å². The minimum atomic E-state index is 0.0737. The maximum absolute atomic E-state index is 13.5. The fraction of sp³-hybridized carbons (Fsp3) is 0.593. The van der Waals surface area contributed by atoms with Gasteiger partial charge in [0, 0.05) is 51.5 Å². The molecular weight excluding hydrogens is 440 g/mol. The maximum Gasteiger partial charge on any atom is 0.257 e. The fourth-order valence-corrected chi connectivity index (χ4v) is 5.90. The number of fused-ring (bicyclic) bond motifs is 1. The molecule has 5 rings (SSSR count). The second-order valence-corrected chi connectivity index (χ2v) is 10.4. The minimum absolute atomic E-state index is 0.0737. The molecule has 2 unspecified atom stereocenters. The molecule has 0 spiro atoms. The number of ether oxygens (including phenoxy) is 1. The molecule has 3 saturated heterocycles. The number of aromatic nitrogens is 2. The van der Waals surface area contributed by atoms with Crippen LogP contribution in [0.5, 0.6) is 0 Å². The number of carbonyl (C=O) groups is 1. The number of amides is 1. The van der Waals surface area contributed by atoms with Crippen LogP contribution in [-0.2, 0) is 4.74 Å². The van der Waals surface area contributed by atoms with Gasteiger partial charge in [-0.05, 0) is 57.1 Å². The SMILES string of the molecule is Cc1nc(NC2CCOCC2)nc(C)c1C(=O)N1CC2CN(CC[C@H](N)c3ccccc3)CC2C1. The van der Waals surface area contributed by atoms with Gasteiger partial charge < -0.3 is 25.6 Å². The molecule has 3 N–H and O–H groups in total. The summed E-state index contributed by atoms with van der Waals surface area (Å²) in [5.74, 6) is 1.75. The van der Waals surface area contributed by atoms with Crippen molar-refractivity contribution in [3.63, 3.8) is 0 Å². The molecule has 3 aliphatic heterocycles. The number of hydrogen-bond acceptors (Lipinski definition) is 7. The number of nitrogens with zero attached hydrogens (tertiary/aromatic N) is 4. The largest absolute Gasteiger partial charge is 0.381 e. The summed E-state index contributed by atoms with van der Waals surface area (Å²) in [7, 11) is 0. The lowest BCUT2D eigenvalue weighted by Crippen LogP contribution is -2.35. The summed E-state index contributed by atoms with van der Waals surface area (Å²) in [6.07, 6.45) is 2.86. The first-order valence-corrected chi connectivity index (χ1v) is 13.0. The van der Waals surface area contributed by atoms with Crippen LogP contribution in [0.3, 0.4) is 0 Å². The van der Waals surface area contributed by atoms with Gasteiger partial charge in [-0.2, -0.15) is 0 Å². The average molecular weight is 479 g/mol. The average Bonchev–Trinajstić information content (AvgIpc) is 3.42. The van der Waals surface area contributed by atoms with Crippen LogP contribution in [0.2, 0.25) is 0 Å². The van der Waals surface area contributed by atoms with Crippen molar-refractivity contribution in [1.29, 1.82) is 0 Å². The number of likely N-dealkylation sites (tertiary alicyclic amines) is 2. The van der Waals surface area contributed by atoms with Crippen LogP contribution >= 0.6 is 0 Å². The van der Waals surface area contributed by atoms with E-state index in [4.69, 9.17) is 10.5 Å². The van der Waals surface area contributed by atoms with E-state index in [1.54, 1.807) is 0 Å². The fourth-order valence-electron chi connectivity index (χ4n) is 5.90. The van der Waals surface area contributed by atoms with E-state index in [2.05, 4.69) is 32.3 Å². The van der Waals surface area contributed by atoms with Crippen molar-refractivity contribution >= 4 is 11.9 Å². The zero-order chi connectivity index (χ0) is 24.4. The summed E-state index contributed by atoms with van der Waals surface area (Å²) >= 11 is 0. The van der Waals surface area contributed by atoms with Crippen molar-refractivity contribution in [2.45, 2.75) is 45.2 Å². The Morgan fingerprint density at radius 1 is 1.06 bits per heavy atom. The van der Waals surface area contributed by atoms with E-state index in [9.17, 15) is 4.79 Å². The molecule has 8 nitrogen and oxygen atoms in total. The third kappa shape index (κ3) is 5.50. The molecule has 3 fully saturated rings. The highest BCUT2D eigenvalue weighted by atomic mass is 16.5. The van der Waals surface area contributed by atoms with Crippen LogP contribution < -0.4 is 11.1 Å². The van der Waals surface area contributed by atoms with E-state index in [0.717, 1.165) is 76.6 Å². The van der Waals surface area contributed by atoms with Gasteiger partial charge >= 0.3 is 0 Å². The molecule has 8 heteroatoms. The van der Waals surface area contributed by atoms with Gasteiger partial charge in [-0.1, -0.05) is 30.3 Å². The Kier molecular flexibility index (Phi) is 7.32. The Morgan fingerprint density at radius 2 is 1.69 bits per heavy atom. The van der Waals surface area contributed by atoms with E-state index in [1.165, 1.54) is 5.56 Å². The maximum atomic E-state index is 13.5. The molecule has 1 aromatic heterocycles. The molecular formula is C27H38N6O2. The number of hydrogen-bond donors (Lipinski definition) is 2. The lowest BCUT2D eigenvalue weighted by atomic mass is 10.0. The predicted octanol–water partition coefficient (Wildman–Crippen LogP) is 2.78. The van der Waals surface area contributed by atoms with Gasteiger partial charge in [0.2, 0.25) is 5.95 Å². The van der Waals surface area contributed by atoms with Crippen LogP contribution in [0.4, 0.5) is 5.95 Å². The molecule has 3 aliphatic rings. The standard InChI is InChI=1S/C27H38N6O2/c1-18-25(19(2)30-27(29-18)31-23-9-12-35-13-10-23)26(34)33-16-21-14-32(15-22(21)17-33)11-8-24(28)20-6-4-3-5-7-20/h3-7,21-24H,8-17,28H2,1-2H3,(H,29,30,31)/t21?,22?,24-/m0/s1. The number of aryl methyl sites for hydroxylation is 2. The van der Waals surface area contributed by atoms with Gasteiger partial charge in [-0.3, -0.25) is 4.79 Å². The summed E-state index contributed by atoms with van der Waals surface area (Å²) in [4.78, 5) is 27.3. The van der Waals surface area contributed by atoms with Gasteiger partial charge in [0.1, 0.15) is 0 Å². The lowest BCUT2D eigenvalue weighted by Gasteiger charge is -2.25. The Bertz CT molecular complexity index is 989. The molecule has 0 radical (unpaired) electrons. The van der Waals surface area contributed by atoms with Crippen molar-refractivity contribution in [3.05, 3.63) is 52.8 Å². The van der Waals surface area contributed by atoms with Crippen LogP contribution in [0.1, 0.15) is 52.6 Å². The van der Waals surface area contributed by atoms with Crippen molar-refractivity contribution in [2.75, 3.05) is 51.3 Å². The second-order valence-electron chi connectivity index (χ2n) is 10.4. The third-order valence-electron chi connectivity index (χ3n) is 7.87. The summed E-state index contributed by atoms with van der Waals surface area (Å²) in [6.45, 7) is 10.1. The Labute approximate surface area is 208 Å². The highest BCUT2D eigenvalue weighted by Crippen LogP contribution is 2.33. The Hall–Kier alpha value is -2.55. The molecule has 0 bridgehead atoms. The molecule has 1 amide bonds. The van der Waals surface area contributed by atoms with E-state index in [-0.39, 0.29) is 11.9 Å². The van der Waals surface area contributed by atoms with Crippen LogP contribution in [0, 0.1) is 25.7 Å². The van der Waals surface area contributed by atoms with E-state index in [1.807, 2.05) is 36.9 Å². The number of rotatable bonds is 7. The molecule has 35 heavy (non-hydrogen) atoms. The van der Waals surface area contributed by atoms with Gasteiger partial charge in [0.15, 0.2) is 0 Å². The molecule has 2 aromatic rings. The summed E-state index contributed by atoms with van der Waals surface area (Å²) < 4.78 is 5.43. The monoisotopic (exact) mass is 478 g/mol. The Morgan fingerprint density at radius 3 is 2.31 bits per heavy atom. The molecule has 0 aliphatic carbocycles. The summed E-state index contributed by atoms with van der Waals surface area (Å²) in [6, 6.07) is 10.7. The van der Waals surface area contributed by atoms with Crippen molar-refractivity contribution in [3.8, 4) is 0 Å². The first-order valence-electron chi connectivity index (χ1n) is 13.0. The number of nitrogens with one attached hydrogen (secondary N) is 1. The molecule has 4 heterocycles. The first-order chi connectivity index (χ1) is 17.0. The third-order valence-corrected chi connectivity index (χ3v) is 7.87. The van der Waals surface area contributed by atoms with E-state index in [0.29, 0.717) is 29.4 Å². The summed E-state index contributed by atoms with van der Waals surface area (Å²) in [5.41, 5.74) is 9.78. The molecule has 188 valence electrons. The van der Waals surface area contributed by atoms with Crippen molar-refractivity contribution in [1.82, 2.24) is 19.8 Å². The molecule has 1 aromatic carbocycles. The van der Waals surface area contributed by atoms with Crippen LogP contribution in [-0.4, -0.2) is 77.7 Å². The molecule has 0 saturated carbocycles. The predicted molar refractivity (Wildman–Crippen MR) is 136 cm³/mol. The summed E-state index contributed by atoms with van der Waals surface area (Å²) in [5, 5.41) is 3.42. The topological polar surface area (TPSA) is 96.6 Å². The highest BCUT2D eigenvalue weighted by Gasteiger charge is 2.42. The normalized spacial score (nSPS) is 23.9. The van der Waals surface area contributed by atoms with Crippen LogP contribution in [0.25, 0.3) is 0 Å². The Balaban J connectivity index is 1.15. The number of anilines is 1. The number of benzene rings is 1. The number of carbonyl (C=O) groups excluding carboxylic acids is 1. The van der Waals surface area contributed by atoms with Gasteiger partial charge in [-0.15, -0.1) is 0 Å². The first kappa shape index (κ1) is 24.2. The smallest absolute Gasteiger partial charge is 0.257 e. The van der Waals surface area contributed by atoms with E-state index >= 15 is 0 Å².